The van der Waals surface area contributed by atoms with E-state index in [4.69, 9.17) is 0 Å². The molecule has 13 heavy (non-hydrogen) atoms. The van der Waals surface area contributed by atoms with Gasteiger partial charge in [-0.15, -0.1) is 0 Å². The molecule has 0 unspecified atom stereocenters. The highest BCUT2D eigenvalue weighted by atomic mass is 15.1. The molecule has 0 aliphatic rings. The van der Waals surface area contributed by atoms with Crippen LogP contribution >= 0.6 is 0 Å². The van der Waals surface area contributed by atoms with Crippen LogP contribution in [0.3, 0.4) is 0 Å². The van der Waals surface area contributed by atoms with Crippen LogP contribution in [0.15, 0.2) is 0 Å². The molecule has 4 N–H and O–H groups in total. The van der Waals surface area contributed by atoms with Gasteiger partial charge in [0.15, 0.2) is 0 Å². The van der Waals surface area contributed by atoms with E-state index in [-0.39, 0.29) is 6.15 Å². The summed E-state index contributed by atoms with van der Waals surface area (Å²) in [5.41, 5.74) is 0. The zero-order chi connectivity index (χ0) is 9.82. The van der Waals surface area contributed by atoms with Gasteiger partial charge in [-0.25, -0.2) is 0 Å². The smallest absolute Gasteiger partial charge is 0.00474 e. The Morgan fingerprint density at radius 3 is 1.08 bits per heavy atom. The minimum atomic E-state index is 0. The molecular weight excluding hydrogens is 162 g/mol. The first-order chi connectivity index (χ1) is 5.76. The van der Waals surface area contributed by atoms with Gasteiger partial charge >= 0.3 is 0 Å². The van der Waals surface area contributed by atoms with Crippen molar-refractivity contribution in [2.45, 2.75) is 34.6 Å². The maximum Gasteiger partial charge on any atom is -0.00474 e. The maximum absolute atomic E-state index is 3.11. The van der Waals surface area contributed by atoms with Gasteiger partial charge in [-0.05, 0) is 32.7 Å². The molecule has 0 saturated carbocycles. The molecule has 3 nitrogen and oxygen atoms in total. The third-order valence-corrected chi connectivity index (χ3v) is 1.84. The standard InChI is InChI=1S/C6H15N.C4H11N.H3N/c1-4-7(5-2)6-3;1-3-5-4-2;/h4-6H2,1-3H3;5H,3-4H2,1-2H3;1H3. The van der Waals surface area contributed by atoms with E-state index in [1.165, 1.54) is 19.6 Å². The quantitative estimate of drug-likeness (QED) is 0.700. The third kappa shape index (κ3) is 18.7. The average molecular weight is 191 g/mol. The third-order valence-electron chi connectivity index (χ3n) is 1.84. The Hall–Kier alpha value is -0.120. The van der Waals surface area contributed by atoms with Crippen LogP contribution < -0.4 is 11.5 Å². The van der Waals surface area contributed by atoms with Crippen molar-refractivity contribution in [3.63, 3.8) is 0 Å². The lowest BCUT2D eigenvalue weighted by atomic mass is 10.5. The fourth-order valence-electron chi connectivity index (χ4n) is 0.921. The Bertz CT molecular complexity index is 55.7. The van der Waals surface area contributed by atoms with E-state index in [1.54, 1.807) is 0 Å². The van der Waals surface area contributed by atoms with Gasteiger partial charge in [0.2, 0.25) is 0 Å². The number of nitrogens with zero attached hydrogens (tertiary/aromatic N) is 1. The minimum absolute atomic E-state index is 0. The molecular formula is C10H29N3. The zero-order valence-corrected chi connectivity index (χ0v) is 10.2. The van der Waals surface area contributed by atoms with Crippen molar-refractivity contribution in [3.8, 4) is 0 Å². The summed E-state index contributed by atoms with van der Waals surface area (Å²) in [7, 11) is 0. The monoisotopic (exact) mass is 191 g/mol. The van der Waals surface area contributed by atoms with E-state index < -0.39 is 0 Å². The molecule has 0 radical (unpaired) electrons. The van der Waals surface area contributed by atoms with Crippen LogP contribution in [0.4, 0.5) is 0 Å². The van der Waals surface area contributed by atoms with E-state index in [2.05, 4.69) is 44.8 Å². The molecule has 0 heterocycles. The van der Waals surface area contributed by atoms with Crippen molar-refractivity contribution >= 4 is 0 Å². The van der Waals surface area contributed by atoms with Crippen molar-refractivity contribution in [1.29, 1.82) is 0 Å². The Labute approximate surface area is 84.5 Å². The number of hydrogen-bond donors (Lipinski definition) is 2. The molecule has 0 spiro atoms. The molecule has 0 aromatic carbocycles. The van der Waals surface area contributed by atoms with Crippen molar-refractivity contribution in [2.75, 3.05) is 32.7 Å². The Kier molecular flexibility index (Phi) is 25.5. The fourth-order valence-corrected chi connectivity index (χ4v) is 0.921. The molecule has 0 amide bonds. The summed E-state index contributed by atoms with van der Waals surface area (Å²) >= 11 is 0. The fraction of sp³-hybridized carbons (Fsp3) is 1.00. The van der Waals surface area contributed by atoms with Crippen molar-refractivity contribution in [1.82, 2.24) is 16.4 Å². The molecule has 0 bridgehead atoms. The highest BCUT2D eigenvalue weighted by molar-refractivity contribution is 4.43. The van der Waals surface area contributed by atoms with Crippen LogP contribution in [-0.2, 0) is 0 Å². The average Bonchev–Trinajstić information content (AvgIpc) is 2.10. The van der Waals surface area contributed by atoms with Gasteiger partial charge in [0, 0.05) is 0 Å². The molecule has 0 aromatic heterocycles. The van der Waals surface area contributed by atoms with Crippen molar-refractivity contribution in [3.05, 3.63) is 0 Å². The van der Waals surface area contributed by atoms with Gasteiger partial charge in [-0.3, -0.25) is 0 Å². The predicted octanol–water partition coefficient (Wildman–Crippen LogP) is 2.13. The molecule has 0 fully saturated rings. The van der Waals surface area contributed by atoms with Crippen molar-refractivity contribution in [2.24, 2.45) is 0 Å². The van der Waals surface area contributed by atoms with Crippen molar-refractivity contribution < 1.29 is 0 Å². The second-order valence-corrected chi connectivity index (χ2v) is 2.58. The van der Waals surface area contributed by atoms with Gasteiger partial charge in [0.05, 0.1) is 0 Å². The van der Waals surface area contributed by atoms with E-state index in [9.17, 15) is 0 Å². The topological polar surface area (TPSA) is 50.3 Å². The Balaban J connectivity index is -0.000000150. The summed E-state index contributed by atoms with van der Waals surface area (Å²) in [6.45, 7) is 16.5. The summed E-state index contributed by atoms with van der Waals surface area (Å²) in [6, 6.07) is 0. The lowest BCUT2D eigenvalue weighted by Gasteiger charge is -2.13. The van der Waals surface area contributed by atoms with Crippen LogP contribution in [0.25, 0.3) is 0 Å². The molecule has 3 heteroatoms. The van der Waals surface area contributed by atoms with E-state index in [0.29, 0.717) is 0 Å². The SMILES string of the molecule is CCN(CC)CC.CCNCC.N. The Morgan fingerprint density at radius 2 is 1.08 bits per heavy atom. The molecule has 0 saturated heterocycles. The van der Waals surface area contributed by atoms with Gasteiger partial charge in [0.1, 0.15) is 0 Å². The predicted molar refractivity (Wildman–Crippen MR) is 62.7 cm³/mol. The van der Waals surface area contributed by atoms with Crippen LogP contribution in [0.5, 0.6) is 0 Å². The summed E-state index contributed by atoms with van der Waals surface area (Å²) in [5.74, 6) is 0. The van der Waals surface area contributed by atoms with Crippen LogP contribution in [0.2, 0.25) is 0 Å². The second-order valence-electron chi connectivity index (χ2n) is 2.58. The first-order valence-corrected chi connectivity index (χ1v) is 5.19. The van der Waals surface area contributed by atoms with Crippen LogP contribution in [-0.4, -0.2) is 37.6 Å². The molecule has 0 aliphatic carbocycles. The maximum atomic E-state index is 3.11. The van der Waals surface area contributed by atoms with E-state index in [1.807, 2.05) is 0 Å². The second kappa shape index (κ2) is 17.8. The normalized spacial score (nSPS) is 8.77. The summed E-state index contributed by atoms with van der Waals surface area (Å²) in [5, 5.41) is 3.11. The first kappa shape index (κ1) is 18.6. The van der Waals surface area contributed by atoms with Crippen LogP contribution in [0, 0.1) is 0 Å². The van der Waals surface area contributed by atoms with Gasteiger partial charge < -0.3 is 16.4 Å². The van der Waals surface area contributed by atoms with E-state index >= 15 is 0 Å². The number of nitrogens with one attached hydrogen (secondary N) is 1. The summed E-state index contributed by atoms with van der Waals surface area (Å²) in [4.78, 5) is 2.38. The zero-order valence-electron chi connectivity index (χ0n) is 10.2. The van der Waals surface area contributed by atoms with Crippen LogP contribution in [0.1, 0.15) is 34.6 Å². The van der Waals surface area contributed by atoms with E-state index in [0.717, 1.165) is 13.1 Å². The molecule has 84 valence electrons. The number of hydrogen-bond acceptors (Lipinski definition) is 3. The largest absolute Gasteiger partial charge is 0.344 e. The summed E-state index contributed by atoms with van der Waals surface area (Å²) < 4.78 is 0. The van der Waals surface area contributed by atoms with Gasteiger partial charge in [0.25, 0.3) is 0 Å². The lowest BCUT2D eigenvalue weighted by Crippen LogP contribution is -2.21. The highest BCUT2D eigenvalue weighted by Crippen LogP contribution is 1.81. The molecule has 0 rings (SSSR count). The first-order valence-electron chi connectivity index (χ1n) is 5.19. The minimum Gasteiger partial charge on any atom is -0.344 e. The lowest BCUT2D eigenvalue weighted by molar-refractivity contribution is 0.321. The molecule has 0 atom stereocenters. The number of rotatable bonds is 5. The van der Waals surface area contributed by atoms with Gasteiger partial charge in [-0.1, -0.05) is 34.6 Å². The molecule has 0 aromatic rings. The highest BCUT2D eigenvalue weighted by Gasteiger charge is 1.89. The van der Waals surface area contributed by atoms with Gasteiger partial charge in [-0.2, -0.15) is 0 Å². The Morgan fingerprint density at radius 1 is 0.769 bits per heavy atom. The molecule has 0 aliphatic heterocycles. The summed E-state index contributed by atoms with van der Waals surface area (Å²) in [6.07, 6.45) is 0.